The van der Waals surface area contributed by atoms with E-state index in [1.807, 2.05) is 18.0 Å². The van der Waals surface area contributed by atoms with E-state index in [9.17, 15) is 4.39 Å². The number of guanidine groups is 1. The number of aromatic nitrogens is 1. The molecule has 0 aliphatic heterocycles. The fourth-order valence-electron chi connectivity index (χ4n) is 2.17. The number of likely N-dealkylation sites (N-methyl/N-ethyl adjacent to an activating group) is 1. The molecule has 0 spiro atoms. The van der Waals surface area contributed by atoms with E-state index < -0.39 is 0 Å². The van der Waals surface area contributed by atoms with Gasteiger partial charge >= 0.3 is 0 Å². The maximum atomic E-state index is 12.9. The zero-order chi connectivity index (χ0) is 18.2. The van der Waals surface area contributed by atoms with Crippen LogP contribution in [0.5, 0.6) is 5.75 Å². The summed E-state index contributed by atoms with van der Waals surface area (Å²) in [6.07, 6.45) is 0. The Balaban J connectivity index is 0.00000338. The highest BCUT2D eigenvalue weighted by atomic mass is 127. The van der Waals surface area contributed by atoms with E-state index in [2.05, 4.69) is 29.3 Å². The van der Waals surface area contributed by atoms with E-state index in [0.29, 0.717) is 31.4 Å². The monoisotopic (exact) mass is 476 g/mol. The second kappa shape index (κ2) is 11.0. The highest BCUT2D eigenvalue weighted by Gasteiger charge is 2.10. The topological polar surface area (TPSA) is 62.9 Å². The molecule has 144 valence electrons. The number of nitrogens with zero attached hydrogens (tertiary/aromatic N) is 3. The Kier molecular flexibility index (Phi) is 9.39. The number of aliphatic imine (C=N–C) groups is 1. The highest BCUT2D eigenvalue weighted by Crippen LogP contribution is 2.14. The summed E-state index contributed by atoms with van der Waals surface area (Å²) in [5, 5.41) is 7.27. The lowest BCUT2D eigenvalue weighted by atomic mass is 10.1. The molecule has 0 saturated heterocycles. The van der Waals surface area contributed by atoms with Gasteiger partial charge in [0, 0.05) is 20.2 Å². The summed E-state index contributed by atoms with van der Waals surface area (Å²) in [7, 11) is 3.64. The van der Waals surface area contributed by atoms with E-state index >= 15 is 0 Å². The van der Waals surface area contributed by atoms with Crippen molar-refractivity contribution in [3.8, 4) is 5.75 Å². The predicted octanol–water partition coefficient (Wildman–Crippen LogP) is 3.64. The zero-order valence-electron chi connectivity index (χ0n) is 15.5. The molecule has 8 heteroatoms. The van der Waals surface area contributed by atoms with Crippen LogP contribution in [-0.2, 0) is 6.54 Å². The molecule has 0 aliphatic carbocycles. The first-order valence-electron chi connectivity index (χ1n) is 8.25. The smallest absolute Gasteiger partial charge is 0.193 e. The van der Waals surface area contributed by atoms with Crippen LogP contribution in [0.15, 0.2) is 39.8 Å². The van der Waals surface area contributed by atoms with Crippen molar-refractivity contribution in [1.29, 1.82) is 0 Å². The maximum absolute atomic E-state index is 12.9. The predicted molar refractivity (Wildman–Crippen MR) is 111 cm³/mol. The summed E-state index contributed by atoms with van der Waals surface area (Å²) in [6, 6.07) is 7.92. The second-order valence-corrected chi connectivity index (χ2v) is 6.00. The Morgan fingerprint density at radius 2 is 2.04 bits per heavy atom. The van der Waals surface area contributed by atoms with Crippen LogP contribution >= 0.6 is 24.0 Å². The van der Waals surface area contributed by atoms with Crippen LogP contribution in [0.2, 0.25) is 0 Å². The molecule has 6 nitrogen and oxygen atoms in total. The second-order valence-electron chi connectivity index (χ2n) is 6.00. The Morgan fingerprint density at radius 1 is 1.35 bits per heavy atom. The molecule has 0 saturated carbocycles. The molecule has 0 unspecified atom stereocenters. The van der Waals surface area contributed by atoms with Crippen molar-refractivity contribution in [3.05, 3.63) is 47.6 Å². The number of halogens is 2. The van der Waals surface area contributed by atoms with Crippen molar-refractivity contribution in [2.45, 2.75) is 26.3 Å². The largest absolute Gasteiger partial charge is 0.492 e. The van der Waals surface area contributed by atoms with Gasteiger partial charge < -0.3 is 19.5 Å². The van der Waals surface area contributed by atoms with E-state index in [1.165, 1.54) is 12.1 Å². The summed E-state index contributed by atoms with van der Waals surface area (Å²) < 4.78 is 23.8. The average Bonchev–Trinajstić information content (AvgIpc) is 3.06. The molecule has 26 heavy (non-hydrogen) atoms. The Morgan fingerprint density at radius 3 is 2.62 bits per heavy atom. The van der Waals surface area contributed by atoms with Gasteiger partial charge in [0.1, 0.15) is 18.2 Å². The quantitative estimate of drug-likeness (QED) is 0.376. The first-order chi connectivity index (χ1) is 12.0. The third kappa shape index (κ3) is 6.81. The third-order valence-corrected chi connectivity index (χ3v) is 3.67. The molecular weight excluding hydrogens is 450 g/mol. The highest BCUT2D eigenvalue weighted by molar-refractivity contribution is 14.0. The number of nitrogens with one attached hydrogen (secondary N) is 1. The fraction of sp³-hybridized carbons (Fsp3) is 0.444. The summed E-state index contributed by atoms with van der Waals surface area (Å²) >= 11 is 0. The molecular formula is C18H26FIN4O2. The van der Waals surface area contributed by atoms with Gasteiger partial charge in [-0.1, -0.05) is 19.0 Å². The van der Waals surface area contributed by atoms with Gasteiger partial charge in [-0.15, -0.1) is 24.0 Å². The molecule has 2 rings (SSSR count). The first-order valence-corrected chi connectivity index (χ1v) is 8.25. The van der Waals surface area contributed by atoms with Crippen molar-refractivity contribution in [3.63, 3.8) is 0 Å². The van der Waals surface area contributed by atoms with Gasteiger partial charge in [0.05, 0.1) is 18.8 Å². The lowest BCUT2D eigenvalue weighted by molar-refractivity contribution is 0.280. The summed E-state index contributed by atoms with van der Waals surface area (Å²) in [4.78, 5) is 6.19. The maximum Gasteiger partial charge on any atom is 0.193 e. The molecule has 2 aromatic rings. The van der Waals surface area contributed by atoms with Gasteiger partial charge in [-0.2, -0.15) is 0 Å². The molecule has 0 bridgehead atoms. The number of hydrogen-bond acceptors (Lipinski definition) is 4. The molecule has 1 N–H and O–H groups in total. The fourth-order valence-corrected chi connectivity index (χ4v) is 2.17. The summed E-state index contributed by atoms with van der Waals surface area (Å²) in [5.74, 6) is 2.19. The van der Waals surface area contributed by atoms with Gasteiger partial charge in [-0.25, -0.2) is 4.39 Å². The molecule has 0 amide bonds. The van der Waals surface area contributed by atoms with Crippen molar-refractivity contribution in [2.75, 3.05) is 27.2 Å². The Bertz CT molecular complexity index is 689. The molecule has 1 aromatic carbocycles. The van der Waals surface area contributed by atoms with E-state index in [0.717, 1.165) is 17.4 Å². The van der Waals surface area contributed by atoms with Crippen LogP contribution in [0.4, 0.5) is 4.39 Å². The van der Waals surface area contributed by atoms with Crippen molar-refractivity contribution >= 4 is 29.9 Å². The number of rotatable bonds is 7. The third-order valence-electron chi connectivity index (χ3n) is 3.67. The van der Waals surface area contributed by atoms with Crippen molar-refractivity contribution in [2.24, 2.45) is 4.99 Å². The lowest BCUT2D eigenvalue weighted by Gasteiger charge is -2.21. The van der Waals surface area contributed by atoms with E-state index in [-0.39, 0.29) is 29.8 Å². The van der Waals surface area contributed by atoms with Crippen LogP contribution in [-0.4, -0.2) is 43.3 Å². The lowest BCUT2D eigenvalue weighted by Crippen LogP contribution is -2.40. The van der Waals surface area contributed by atoms with Crippen LogP contribution in [0.3, 0.4) is 0 Å². The van der Waals surface area contributed by atoms with Gasteiger partial charge in [0.25, 0.3) is 0 Å². The zero-order valence-corrected chi connectivity index (χ0v) is 17.9. The molecule has 1 aromatic heterocycles. The number of benzene rings is 1. The van der Waals surface area contributed by atoms with E-state index in [4.69, 9.17) is 9.26 Å². The van der Waals surface area contributed by atoms with Gasteiger partial charge in [0.15, 0.2) is 11.7 Å². The number of hydrogen-bond donors (Lipinski definition) is 1. The number of ether oxygens (including phenoxy) is 1. The minimum Gasteiger partial charge on any atom is -0.492 e. The molecule has 1 heterocycles. The first kappa shape index (κ1) is 22.2. The average molecular weight is 476 g/mol. The minimum absolute atomic E-state index is 0. The van der Waals surface area contributed by atoms with Crippen molar-refractivity contribution < 1.29 is 13.7 Å². The summed E-state index contributed by atoms with van der Waals surface area (Å²) in [5.41, 5.74) is 0.938. The molecule has 0 aliphatic rings. The van der Waals surface area contributed by atoms with Crippen LogP contribution in [0.25, 0.3) is 0 Å². The SMILES string of the molecule is CN=C(NCc1cc(C(C)C)no1)N(C)CCOc1ccc(F)cc1.I. The molecule has 0 fully saturated rings. The van der Waals surface area contributed by atoms with Gasteiger partial charge in [-0.3, -0.25) is 4.99 Å². The standard InChI is InChI=1S/C18H25FN4O2.HI/c1-13(2)17-11-16(25-22-17)12-21-18(20-3)23(4)9-10-24-15-7-5-14(19)6-8-15;/h5-8,11,13H,9-10,12H2,1-4H3,(H,20,21);1H. The Hall–Kier alpha value is -1.84. The normalized spacial score (nSPS) is 11.2. The molecule has 0 radical (unpaired) electrons. The van der Waals surface area contributed by atoms with Crippen LogP contribution in [0.1, 0.15) is 31.2 Å². The Labute approximate surface area is 170 Å². The van der Waals surface area contributed by atoms with Gasteiger partial charge in [0.2, 0.25) is 0 Å². The van der Waals surface area contributed by atoms with Gasteiger partial charge in [-0.05, 0) is 30.2 Å². The minimum atomic E-state index is -0.276. The van der Waals surface area contributed by atoms with Crippen LogP contribution < -0.4 is 10.1 Å². The van der Waals surface area contributed by atoms with Crippen molar-refractivity contribution in [1.82, 2.24) is 15.4 Å². The summed E-state index contributed by atoms with van der Waals surface area (Å²) in [6.45, 7) is 5.74. The van der Waals surface area contributed by atoms with Crippen LogP contribution in [0, 0.1) is 5.82 Å². The molecule has 0 atom stereocenters. The van der Waals surface area contributed by atoms with E-state index in [1.54, 1.807) is 19.2 Å².